The Bertz CT molecular complexity index is 667. The molecule has 1 saturated heterocycles. The molecular weight excluding hydrogens is 337 g/mol. The maximum atomic E-state index is 12.9. The molecule has 1 fully saturated rings. The number of hydrogen-bond acceptors (Lipinski definition) is 6. The number of likely N-dealkylation sites (tertiary alicyclic amines) is 1. The summed E-state index contributed by atoms with van der Waals surface area (Å²) in [5.41, 5.74) is 0.884. The summed E-state index contributed by atoms with van der Waals surface area (Å²) in [6.07, 6.45) is 3.80. The van der Waals surface area contributed by atoms with E-state index in [1.807, 2.05) is 21.7 Å². The van der Waals surface area contributed by atoms with Crippen molar-refractivity contribution < 1.29 is 19.1 Å². The highest BCUT2D eigenvalue weighted by atomic mass is 16.5. The molecule has 1 aromatic rings. The number of ether oxygens (including phenoxy) is 1. The van der Waals surface area contributed by atoms with Gasteiger partial charge in [-0.1, -0.05) is 19.3 Å². The number of carbonyl (C=O) groups excluding carboxylic acids is 3. The number of alkyl carbamates (subject to hydrolysis) is 1. The van der Waals surface area contributed by atoms with E-state index in [-0.39, 0.29) is 23.7 Å². The number of nitrogens with zero attached hydrogens (tertiary/aromatic N) is 3. The van der Waals surface area contributed by atoms with Crippen LogP contribution in [0.25, 0.3) is 0 Å². The third-order valence-electron chi connectivity index (χ3n) is 4.25. The van der Waals surface area contributed by atoms with E-state index in [1.54, 1.807) is 12.4 Å². The number of nitrogens with one attached hydrogen (secondary N) is 2. The van der Waals surface area contributed by atoms with Crippen LogP contribution in [0.3, 0.4) is 0 Å². The first kappa shape index (κ1) is 19.7. The monoisotopic (exact) mass is 361 g/mol. The second-order valence-electron chi connectivity index (χ2n) is 6.62. The fraction of sp³-hybridized carbons (Fsp3) is 0.562. The van der Waals surface area contributed by atoms with Crippen LogP contribution in [0.15, 0.2) is 12.4 Å². The summed E-state index contributed by atoms with van der Waals surface area (Å²) in [5.74, 6) is -0.576. The minimum absolute atomic E-state index is 0.147. The van der Waals surface area contributed by atoms with Crippen molar-refractivity contribution in [1.29, 1.82) is 0 Å². The van der Waals surface area contributed by atoms with Crippen LogP contribution < -0.4 is 16.1 Å². The fourth-order valence-corrected chi connectivity index (χ4v) is 2.83. The van der Waals surface area contributed by atoms with Crippen molar-refractivity contribution in [3.63, 3.8) is 0 Å². The van der Waals surface area contributed by atoms with Gasteiger partial charge in [0.2, 0.25) is 17.8 Å². The van der Waals surface area contributed by atoms with E-state index in [9.17, 15) is 14.4 Å². The highest BCUT2D eigenvalue weighted by molar-refractivity contribution is 6.31. The molecule has 140 valence electrons. The smallest absolute Gasteiger partial charge is 0.407 e. The first-order valence-electron chi connectivity index (χ1n) is 8.58. The molecule has 1 aliphatic heterocycles. The van der Waals surface area contributed by atoms with Crippen molar-refractivity contribution in [1.82, 2.24) is 20.2 Å². The Morgan fingerprint density at radius 3 is 2.54 bits per heavy atom. The molecule has 2 rings (SSSR count). The Morgan fingerprint density at radius 2 is 1.96 bits per heavy atom. The average molecular weight is 361 g/mol. The summed E-state index contributed by atoms with van der Waals surface area (Å²) < 4.78 is 4.59. The quantitative estimate of drug-likeness (QED) is 0.654. The molecule has 2 atom stereocenters. The summed E-state index contributed by atoms with van der Waals surface area (Å²) in [5, 5.41) is 5.20. The molecule has 26 heavy (non-hydrogen) atoms. The van der Waals surface area contributed by atoms with Crippen LogP contribution in [0.4, 0.5) is 10.7 Å². The van der Waals surface area contributed by atoms with Gasteiger partial charge in [0.1, 0.15) is 19.9 Å². The summed E-state index contributed by atoms with van der Waals surface area (Å²) in [6, 6.07) is -1.38. The summed E-state index contributed by atoms with van der Waals surface area (Å²) >= 11 is 0. The Morgan fingerprint density at radius 1 is 1.31 bits per heavy atom. The summed E-state index contributed by atoms with van der Waals surface area (Å²) in [7, 11) is 3.09. The van der Waals surface area contributed by atoms with E-state index in [0.717, 1.165) is 5.46 Å². The summed E-state index contributed by atoms with van der Waals surface area (Å²) in [6.45, 7) is 4.10. The van der Waals surface area contributed by atoms with Crippen LogP contribution in [-0.2, 0) is 14.3 Å². The molecule has 2 heterocycles. The zero-order valence-electron chi connectivity index (χ0n) is 15.5. The molecular formula is C16H24BN5O4. The molecule has 0 aromatic carbocycles. The van der Waals surface area contributed by atoms with Gasteiger partial charge in [0, 0.05) is 18.9 Å². The van der Waals surface area contributed by atoms with Crippen LogP contribution in [0.1, 0.15) is 26.7 Å². The molecule has 0 bridgehead atoms. The first-order valence-corrected chi connectivity index (χ1v) is 8.58. The van der Waals surface area contributed by atoms with Crippen LogP contribution in [0.2, 0.25) is 0 Å². The van der Waals surface area contributed by atoms with E-state index >= 15 is 0 Å². The maximum Gasteiger partial charge on any atom is 0.407 e. The lowest BCUT2D eigenvalue weighted by Crippen LogP contribution is -2.54. The number of carbonyl (C=O) groups is 3. The predicted molar refractivity (Wildman–Crippen MR) is 97.7 cm³/mol. The lowest BCUT2D eigenvalue weighted by atomic mass is 10.0. The second-order valence-corrected chi connectivity index (χ2v) is 6.62. The van der Waals surface area contributed by atoms with Crippen molar-refractivity contribution in [3.8, 4) is 0 Å². The largest absolute Gasteiger partial charge is 0.453 e. The van der Waals surface area contributed by atoms with E-state index in [2.05, 4.69) is 25.3 Å². The maximum absolute atomic E-state index is 12.9. The number of hydrogen-bond donors (Lipinski definition) is 2. The number of amides is 3. The minimum Gasteiger partial charge on any atom is -0.453 e. The molecule has 0 aliphatic carbocycles. The van der Waals surface area contributed by atoms with Gasteiger partial charge in [-0.2, -0.15) is 0 Å². The topological polar surface area (TPSA) is 114 Å². The van der Waals surface area contributed by atoms with Crippen molar-refractivity contribution in [2.24, 2.45) is 5.92 Å². The number of rotatable bonds is 5. The Labute approximate surface area is 153 Å². The third kappa shape index (κ3) is 4.71. The van der Waals surface area contributed by atoms with Crippen molar-refractivity contribution in [3.05, 3.63) is 12.4 Å². The van der Waals surface area contributed by atoms with Gasteiger partial charge in [0.25, 0.3) is 0 Å². The van der Waals surface area contributed by atoms with E-state index in [0.29, 0.717) is 19.4 Å². The standard InChI is InChI=1S/C16H24BN5O4/c1-9(2)12(20-16(25)26-3)14(24)22-6-4-5-11(22)13(23)21-15-18-7-10(17)8-19-15/h7-9,11-12H,4-6,17H2,1-3H3,(H,20,25)(H,18,19,21,23)/t11-,12-/m0/s1. The number of anilines is 1. The highest BCUT2D eigenvalue weighted by Crippen LogP contribution is 2.21. The van der Waals surface area contributed by atoms with Gasteiger partial charge >= 0.3 is 6.09 Å². The molecule has 9 nitrogen and oxygen atoms in total. The SMILES string of the molecule is Bc1cnc(NC(=O)[C@@H]2CCCN2C(=O)[C@@H](NC(=O)OC)C(C)C)nc1. The van der Waals surface area contributed by atoms with Crippen LogP contribution in [0, 0.1) is 5.92 Å². The first-order chi connectivity index (χ1) is 12.3. The van der Waals surface area contributed by atoms with Gasteiger partial charge < -0.3 is 15.0 Å². The van der Waals surface area contributed by atoms with E-state index in [4.69, 9.17) is 0 Å². The molecule has 10 heteroatoms. The molecule has 0 radical (unpaired) electrons. The summed E-state index contributed by atoms with van der Waals surface area (Å²) in [4.78, 5) is 46.6. The van der Waals surface area contributed by atoms with Crippen LogP contribution >= 0.6 is 0 Å². The highest BCUT2D eigenvalue weighted by Gasteiger charge is 2.38. The fourth-order valence-electron chi connectivity index (χ4n) is 2.83. The van der Waals surface area contributed by atoms with Crippen LogP contribution in [0.5, 0.6) is 0 Å². The zero-order valence-corrected chi connectivity index (χ0v) is 15.5. The minimum atomic E-state index is -0.758. The molecule has 0 saturated carbocycles. The van der Waals surface area contributed by atoms with Gasteiger partial charge in [-0.25, -0.2) is 14.8 Å². The molecule has 3 amide bonds. The lowest BCUT2D eigenvalue weighted by molar-refractivity contribution is -0.139. The van der Waals surface area contributed by atoms with E-state index in [1.165, 1.54) is 12.0 Å². The predicted octanol–water partition coefficient (Wildman–Crippen LogP) is -0.955. The second kappa shape index (κ2) is 8.64. The van der Waals surface area contributed by atoms with E-state index < -0.39 is 18.2 Å². The van der Waals surface area contributed by atoms with Gasteiger partial charge in [-0.15, -0.1) is 0 Å². The van der Waals surface area contributed by atoms with Crippen molar-refractivity contribution >= 4 is 37.2 Å². The molecule has 2 N–H and O–H groups in total. The molecule has 0 spiro atoms. The molecule has 0 unspecified atom stereocenters. The van der Waals surface area contributed by atoms with Gasteiger partial charge in [0.15, 0.2) is 0 Å². The van der Waals surface area contributed by atoms with Crippen molar-refractivity contribution in [2.75, 3.05) is 19.0 Å². The normalized spacial score (nSPS) is 17.7. The Hall–Kier alpha value is -2.65. The Balaban J connectivity index is 2.09. The molecule has 1 aromatic heterocycles. The number of aromatic nitrogens is 2. The Kier molecular flexibility index (Phi) is 6.54. The lowest BCUT2D eigenvalue weighted by Gasteiger charge is -2.30. The zero-order chi connectivity index (χ0) is 19.3. The van der Waals surface area contributed by atoms with Crippen molar-refractivity contribution in [2.45, 2.75) is 38.8 Å². The third-order valence-corrected chi connectivity index (χ3v) is 4.25. The number of methoxy groups -OCH3 is 1. The van der Waals surface area contributed by atoms with Crippen LogP contribution in [-0.4, -0.2) is 66.4 Å². The van der Waals surface area contributed by atoms with Gasteiger partial charge in [-0.3, -0.25) is 14.9 Å². The van der Waals surface area contributed by atoms with Gasteiger partial charge in [-0.05, 0) is 18.8 Å². The average Bonchev–Trinajstić information content (AvgIpc) is 3.10. The molecule has 1 aliphatic rings. The van der Waals surface area contributed by atoms with Gasteiger partial charge in [0.05, 0.1) is 7.11 Å².